The molecule has 136 valence electrons. The van der Waals surface area contributed by atoms with Crippen LogP contribution in [0.25, 0.3) is 11.1 Å². The van der Waals surface area contributed by atoms with Crippen molar-refractivity contribution in [3.63, 3.8) is 0 Å². The van der Waals surface area contributed by atoms with Crippen LogP contribution in [0.3, 0.4) is 0 Å². The van der Waals surface area contributed by atoms with Crippen molar-refractivity contribution < 1.29 is 9.59 Å². The van der Waals surface area contributed by atoms with Gasteiger partial charge in [0.05, 0.1) is 6.42 Å². The number of hydrogen-bond donors (Lipinski definition) is 3. The standard InChI is InChI=1S/C21H25N3O2/c1-3-13-22-20(25)14-16(2)23-24-21(26)15-17-9-11-19(12-10-17)18-7-5-4-6-8-18/h4-12,14,23H,3,13,15H2,1-2H3,(H,22,25)(H,24,26). The van der Waals surface area contributed by atoms with Crippen molar-refractivity contribution in [2.75, 3.05) is 6.54 Å². The zero-order chi connectivity index (χ0) is 18.8. The molecule has 0 aliphatic rings. The van der Waals surface area contributed by atoms with Crippen LogP contribution in [0.5, 0.6) is 0 Å². The van der Waals surface area contributed by atoms with Crippen LogP contribution in [0.2, 0.25) is 0 Å². The topological polar surface area (TPSA) is 70.2 Å². The fourth-order valence-electron chi connectivity index (χ4n) is 2.38. The summed E-state index contributed by atoms with van der Waals surface area (Å²) in [5, 5.41) is 2.74. The van der Waals surface area contributed by atoms with E-state index in [4.69, 9.17) is 0 Å². The van der Waals surface area contributed by atoms with Gasteiger partial charge in [-0.3, -0.25) is 15.0 Å². The third-order valence-electron chi connectivity index (χ3n) is 3.72. The molecule has 0 heterocycles. The molecular formula is C21H25N3O2. The minimum Gasteiger partial charge on any atom is -0.353 e. The second kappa shape index (κ2) is 10.0. The van der Waals surface area contributed by atoms with E-state index >= 15 is 0 Å². The summed E-state index contributed by atoms with van der Waals surface area (Å²) in [4.78, 5) is 23.6. The van der Waals surface area contributed by atoms with Gasteiger partial charge in [-0.15, -0.1) is 0 Å². The zero-order valence-corrected chi connectivity index (χ0v) is 15.2. The molecule has 5 heteroatoms. The predicted molar refractivity (Wildman–Crippen MR) is 104 cm³/mol. The number of nitrogens with one attached hydrogen (secondary N) is 3. The number of benzene rings is 2. The Kier molecular flexibility index (Phi) is 7.43. The van der Waals surface area contributed by atoms with Crippen molar-refractivity contribution in [3.05, 3.63) is 71.9 Å². The van der Waals surface area contributed by atoms with Crippen LogP contribution >= 0.6 is 0 Å². The van der Waals surface area contributed by atoms with Crippen LogP contribution in [0.1, 0.15) is 25.8 Å². The van der Waals surface area contributed by atoms with E-state index in [0.717, 1.165) is 23.1 Å². The van der Waals surface area contributed by atoms with Crippen LogP contribution in [0.4, 0.5) is 0 Å². The van der Waals surface area contributed by atoms with Gasteiger partial charge < -0.3 is 10.7 Å². The van der Waals surface area contributed by atoms with E-state index in [1.165, 1.54) is 6.08 Å². The van der Waals surface area contributed by atoms with E-state index in [1.807, 2.05) is 49.4 Å². The number of amides is 2. The lowest BCUT2D eigenvalue weighted by Crippen LogP contribution is -2.37. The fraction of sp³-hybridized carbons (Fsp3) is 0.238. The van der Waals surface area contributed by atoms with Crippen LogP contribution < -0.4 is 16.2 Å². The maximum atomic E-state index is 12.0. The van der Waals surface area contributed by atoms with Gasteiger partial charge in [-0.2, -0.15) is 0 Å². The molecule has 0 bridgehead atoms. The third kappa shape index (κ3) is 6.43. The number of carbonyl (C=O) groups excluding carboxylic acids is 2. The number of rotatable bonds is 8. The molecule has 0 saturated carbocycles. The van der Waals surface area contributed by atoms with E-state index in [-0.39, 0.29) is 18.2 Å². The smallest absolute Gasteiger partial charge is 0.245 e. The summed E-state index contributed by atoms with van der Waals surface area (Å²) in [6, 6.07) is 18.0. The largest absolute Gasteiger partial charge is 0.353 e. The van der Waals surface area contributed by atoms with Crippen molar-refractivity contribution >= 4 is 11.8 Å². The average Bonchev–Trinajstić information content (AvgIpc) is 2.66. The number of hydrazine groups is 1. The molecule has 0 spiro atoms. The lowest BCUT2D eigenvalue weighted by molar-refractivity contribution is -0.121. The molecule has 26 heavy (non-hydrogen) atoms. The van der Waals surface area contributed by atoms with Crippen LogP contribution in [0, 0.1) is 0 Å². The van der Waals surface area contributed by atoms with Crippen LogP contribution in [-0.2, 0) is 16.0 Å². The first-order valence-electron chi connectivity index (χ1n) is 8.74. The van der Waals surface area contributed by atoms with Crippen molar-refractivity contribution in [1.29, 1.82) is 0 Å². The number of allylic oxidation sites excluding steroid dienone is 1. The maximum absolute atomic E-state index is 12.0. The number of hydrogen-bond acceptors (Lipinski definition) is 3. The van der Waals surface area contributed by atoms with E-state index in [2.05, 4.69) is 28.3 Å². The molecule has 3 N–H and O–H groups in total. The Morgan fingerprint density at radius 3 is 2.23 bits per heavy atom. The van der Waals surface area contributed by atoms with Crippen molar-refractivity contribution in [2.24, 2.45) is 0 Å². The monoisotopic (exact) mass is 351 g/mol. The Morgan fingerprint density at radius 1 is 0.923 bits per heavy atom. The predicted octanol–water partition coefficient (Wildman–Crippen LogP) is 2.95. The van der Waals surface area contributed by atoms with Gasteiger partial charge in [0, 0.05) is 18.3 Å². The van der Waals surface area contributed by atoms with Crippen molar-refractivity contribution in [3.8, 4) is 11.1 Å². The summed E-state index contributed by atoms with van der Waals surface area (Å²) >= 11 is 0. The van der Waals surface area contributed by atoms with Gasteiger partial charge in [-0.05, 0) is 30.0 Å². The summed E-state index contributed by atoms with van der Waals surface area (Å²) in [5.74, 6) is -0.346. The highest BCUT2D eigenvalue weighted by atomic mass is 16.2. The summed E-state index contributed by atoms with van der Waals surface area (Å²) in [7, 11) is 0. The van der Waals surface area contributed by atoms with Crippen molar-refractivity contribution in [2.45, 2.75) is 26.7 Å². The molecule has 0 radical (unpaired) electrons. The molecule has 2 rings (SSSR count). The molecule has 2 amide bonds. The summed E-state index contributed by atoms with van der Waals surface area (Å²) in [5.41, 5.74) is 9.11. The highest BCUT2D eigenvalue weighted by Gasteiger charge is 2.04. The summed E-state index contributed by atoms with van der Waals surface area (Å²) < 4.78 is 0. The Morgan fingerprint density at radius 2 is 1.58 bits per heavy atom. The first-order chi connectivity index (χ1) is 12.6. The molecule has 0 aliphatic carbocycles. The Bertz CT molecular complexity index is 753. The second-order valence-corrected chi connectivity index (χ2v) is 6.03. The lowest BCUT2D eigenvalue weighted by Gasteiger charge is -2.09. The minimum atomic E-state index is -0.178. The molecule has 0 atom stereocenters. The Hall–Kier alpha value is -3.08. The Labute approximate surface area is 154 Å². The molecule has 2 aromatic carbocycles. The minimum absolute atomic E-state index is 0.167. The molecular weight excluding hydrogens is 326 g/mol. The normalized spacial score (nSPS) is 10.9. The second-order valence-electron chi connectivity index (χ2n) is 6.03. The lowest BCUT2D eigenvalue weighted by atomic mass is 10.0. The Balaban J connectivity index is 1.82. The van der Waals surface area contributed by atoms with Gasteiger partial charge in [0.1, 0.15) is 0 Å². The molecule has 0 fully saturated rings. The van der Waals surface area contributed by atoms with Crippen molar-refractivity contribution in [1.82, 2.24) is 16.2 Å². The SMILES string of the molecule is CCCNC(=O)C=C(C)NNC(=O)Cc1ccc(-c2ccccc2)cc1. The molecule has 0 aliphatic heterocycles. The molecule has 2 aromatic rings. The average molecular weight is 351 g/mol. The first kappa shape index (κ1) is 19.2. The van der Waals surface area contributed by atoms with E-state index in [9.17, 15) is 9.59 Å². The molecule has 0 saturated heterocycles. The highest BCUT2D eigenvalue weighted by molar-refractivity contribution is 5.88. The molecule has 5 nitrogen and oxygen atoms in total. The quantitative estimate of drug-likeness (QED) is 0.506. The van der Waals surface area contributed by atoms with Crippen LogP contribution in [-0.4, -0.2) is 18.4 Å². The van der Waals surface area contributed by atoms with Crippen LogP contribution in [0.15, 0.2) is 66.4 Å². The first-order valence-corrected chi connectivity index (χ1v) is 8.74. The van der Waals surface area contributed by atoms with E-state index in [1.54, 1.807) is 6.92 Å². The van der Waals surface area contributed by atoms with Gasteiger partial charge in [0.2, 0.25) is 11.8 Å². The van der Waals surface area contributed by atoms with E-state index in [0.29, 0.717) is 12.2 Å². The van der Waals surface area contributed by atoms with Gasteiger partial charge >= 0.3 is 0 Å². The van der Waals surface area contributed by atoms with Gasteiger partial charge in [0.25, 0.3) is 0 Å². The molecule has 0 aromatic heterocycles. The molecule has 0 unspecified atom stereocenters. The fourth-order valence-corrected chi connectivity index (χ4v) is 2.38. The zero-order valence-electron chi connectivity index (χ0n) is 15.2. The number of carbonyl (C=O) groups is 2. The van der Waals surface area contributed by atoms with Gasteiger partial charge in [-0.25, -0.2) is 0 Å². The maximum Gasteiger partial charge on any atom is 0.245 e. The summed E-state index contributed by atoms with van der Waals surface area (Å²) in [6.45, 7) is 4.34. The highest BCUT2D eigenvalue weighted by Crippen LogP contribution is 2.19. The van der Waals surface area contributed by atoms with Gasteiger partial charge in [0.15, 0.2) is 0 Å². The summed E-state index contributed by atoms with van der Waals surface area (Å²) in [6.07, 6.45) is 2.56. The third-order valence-corrected chi connectivity index (χ3v) is 3.72. The van der Waals surface area contributed by atoms with E-state index < -0.39 is 0 Å². The van der Waals surface area contributed by atoms with Gasteiger partial charge in [-0.1, -0.05) is 61.5 Å².